The van der Waals surface area contributed by atoms with Crippen molar-refractivity contribution < 1.29 is 4.79 Å². The van der Waals surface area contributed by atoms with Crippen molar-refractivity contribution in [1.82, 2.24) is 30.3 Å². The van der Waals surface area contributed by atoms with E-state index in [0.717, 1.165) is 5.69 Å². The number of rotatable bonds is 6. The zero-order valence-corrected chi connectivity index (χ0v) is 13.6. The molecule has 0 fully saturated rings. The highest BCUT2D eigenvalue weighted by atomic mass is 16.2. The minimum absolute atomic E-state index is 0.225. The molecule has 0 saturated carbocycles. The van der Waals surface area contributed by atoms with Crippen LogP contribution in [0.15, 0.2) is 47.4 Å². The van der Waals surface area contributed by atoms with Crippen molar-refractivity contribution >= 4 is 11.9 Å². The normalized spacial score (nSPS) is 10.4. The number of hydrogen-bond donors (Lipinski definition) is 3. The number of aromatic nitrogens is 5. The van der Waals surface area contributed by atoms with Gasteiger partial charge in [0.05, 0.1) is 11.9 Å². The van der Waals surface area contributed by atoms with Gasteiger partial charge in [-0.15, -0.1) is 5.10 Å². The van der Waals surface area contributed by atoms with Crippen LogP contribution in [0.2, 0.25) is 0 Å². The number of anilines is 1. The van der Waals surface area contributed by atoms with Gasteiger partial charge in [-0.3, -0.25) is 14.6 Å². The molecule has 2 aromatic heterocycles. The Morgan fingerprint density at radius 1 is 1.24 bits per heavy atom. The second-order valence-electron chi connectivity index (χ2n) is 5.30. The summed E-state index contributed by atoms with van der Waals surface area (Å²) in [7, 11) is 0. The summed E-state index contributed by atoms with van der Waals surface area (Å²) in [4.78, 5) is 30.1. The van der Waals surface area contributed by atoms with Gasteiger partial charge in [-0.1, -0.05) is 23.4 Å². The van der Waals surface area contributed by atoms with Gasteiger partial charge in [0.25, 0.3) is 11.5 Å². The van der Waals surface area contributed by atoms with E-state index >= 15 is 0 Å². The Morgan fingerprint density at radius 2 is 2.04 bits per heavy atom. The smallest absolute Gasteiger partial charge is 0.273 e. The molecule has 0 spiro atoms. The number of carbonyl (C=O) groups excluding carboxylic acids is 1. The van der Waals surface area contributed by atoms with Crippen LogP contribution in [0.25, 0.3) is 5.69 Å². The number of hydrogen-bond acceptors (Lipinski definition) is 6. The second kappa shape index (κ2) is 7.39. The maximum atomic E-state index is 12.1. The summed E-state index contributed by atoms with van der Waals surface area (Å²) in [6.45, 7) is 2.48. The van der Waals surface area contributed by atoms with Crippen molar-refractivity contribution in [1.29, 1.82) is 0 Å². The van der Waals surface area contributed by atoms with E-state index in [1.54, 1.807) is 13.1 Å². The molecule has 25 heavy (non-hydrogen) atoms. The van der Waals surface area contributed by atoms with Crippen LogP contribution >= 0.6 is 0 Å². The molecule has 9 nitrogen and oxygen atoms in total. The third-order valence-corrected chi connectivity index (χ3v) is 3.32. The zero-order chi connectivity index (χ0) is 17.6. The molecule has 0 atom stereocenters. The molecule has 3 rings (SSSR count). The Kier molecular flexibility index (Phi) is 4.84. The van der Waals surface area contributed by atoms with Crippen LogP contribution in [0.5, 0.6) is 0 Å². The van der Waals surface area contributed by atoms with Gasteiger partial charge in [-0.25, -0.2) is 9.67 Å². The Bertz CT molecular complexity index is 917. The molecule has 9 heteroatoms. The molecule has 1 aromatic carbocycles. The van der Waals surface area contributed by atoms with Gasteiger partial charge in [-0.05, 0) is 19.1 Å². The van der Waals surface area contributed by atoms with Gasteiger partial charge in [-0.2, -0.15) is 0 Å². The molecule has 0 aliphatic rings. The summed E-state index contributed by atoms with van der Waals surface area (Å²) in [6.07, 6.45) is 1.57. The average Bonchev–Trinajstić information content (AvgIpc) is 3.09. The highest BCUT2D eigenvalue weighted by Gasteiger charge is 2.10. The van der Waals surface area contributed by atoms with Gasteiger partial charge in [0.15, 0.2) is 5.69 Å². The molecule has 128 valence electrons. The van der Waals surface area contributed by atoms with E-state index in [-0.39, 0.29) is 17.2 Å². The van der Waals surface area contributed by atoms with E-state index in [4.69, 9.17) is 0 Å². The lowest BCUT2D eigenvalue weighted by Gasteiger charge is -2.06. The number of aryl methyl sites for hydroxylation is 1. The fraction of sp³-hybridized carbons (Fsp3) is 0.188. The van der Waals surface area contributed by atoms with Crippen LogP contribution in [0.4, 0.5) is 5.95 Å². The second-order valence-corrected chi connectivity index (χ2v) is 5.30. The summed E-state index contributed by atoms with van der Waals surface area (Å²) >= 11 is 0. The predicted molar refractivity (Wildman–Crippen MR) is 91.8 cm³/mol. The van der Waals surface area contributed by atoms with Crippen LogP contribution in [0.1, 0.15) is 16.2 Å². The molecule has 0 unspecified atom stereocenters. The number of para-hydroxylation sites is 1. The van der Waals surface area contributed by atoms with E-state index in [1.165, 1.54) is 10.7 Å². The summed E-state index contributed by atoms with van der Waals surface area (Å²) in [5.74, 6) is 0.0453. The zero-order valence-electron chi connectivity index (χ0n) is 13.6. The number of nitrogens with zero attached hydrogens (tertiary/aromatic N) is 4. The summed E-state index contributed by atoms with van der Waals surface area (Å²) in [6, 6.07) is 10.8. The van der Waals surface area contributed by atoms with Crippen LogP contribution < -0.4 is 16.2 Å². The maximum Gasteiger partial charge on any atom is 0.273 e. The molecule has 2 heterocycles. The van der Waals surface area contributed by atoms with Crippen LogP contribution in [-0.4, -0.2) is 44.0 Å². The van der Waals surface area contributed by atoms with Gasteiger partial charge in [0, 0.05) is 24.8 Å². The van der Waals surface area contributed by atoms with Crippen molar-refractivity contribution in [3.8, 4) is 5.69 Å². The predicted octanol–water partition coefficient (Wildman–Crippen LogP) is 0.501. The largest absolute Gasteiger partial charge is 0.354 e. The minimum atomic E-state index is -0.324. The fourth-order valence-electron chi connectivity index (χ4n) is 2.19. The monoisotopic (exact) mass is 339 g/mol. The number of nitrogens with one attached hydrogen (secondary N) is 3. The average molecular weight is 339 g/mol. The Morgan fingerprint density at radius 3 is 2.80 bits per heavy atom. The van der Waals surface area contributed by atoms with Gasteiger partial charge < -0.3 is 10.6 Å². The van der Waals surface area contributed by atoms with Gasteiger partial charge in [0.1, 0.15) is 0 Å². The van der Waals surface area contributed by atoms with Crippen molar-refractivity contribution in [3.05, 3.63) is 64.3 Å². The van der Waals surface area contributed by atoms with E-state index < -0.39 is 0 Å². The first-order valence-electron chi connectivity index (χ1n) is 7.69. The molecular formula is C16H17N7O2. The van der Waals surface area contributed by atoms with Crippen molar-refractivity contribution in [2.24, 2.45) is 0 Å². The lowest BCUT2D eigenvalue weighted by Crippen LogP contribution is -2.29. The number of benzene rings is 1. The van der Waals surface area contributed by atoms with E-state index in [2.05, 4.69) is 30.9 Å². The molecule has 0 saturated heterocycles. The summed E-state index contributed by atoms with van der Waals surface area (Å²) in [5.41, 5.74) is 1.44. The van der Waals surface area contributed by atoms with Crippen molar-refractivity contribution in [3.63, 3.8) is 0 Å². The molecule has 0 bridgehead atoms. The number of aromatic amines is 1. The quantitative estimate of drug-likeness (QED) is 0.563. The highest BCUT2D eigenvalue weighted by Crippen LogP contribution is 2.05. The number of carbonyl (C=O) groups is 1. The minimum Gasteiger partial charge on any atom is -0.354 e. The van der Waals surface area contributed by atoms with Crippen LogP contribution in [-0.2, 0) is 0 Å². The highest BCUT2D eigenvalue weighted by molar-refractivity contribution is 5.91. The standard InChI is InChI=1S/C16H17N7O2/c1-11-9-14(24)20-16(19-11)18-8-7-17-15(25)13-10-23(22-21-13)12-5-3-2-4-6-12/h2-6,9-10H,7-8H2,1H3,(H,17,25)(H2,18,19,20,24). The molecule has 0 aliphatic heterocycles. The molecule has 1 amide bonds. The topological polar surface area (TPSA) is 118 Å². The molecule has 3 N–H and O–H groups in total. The van der Waals surface area contributed by atoms with E-state index in [0.29, 0.717) is 24.7 Å². The van der Waals surface area contributed by atoms with Crippen LogP contribution in [0, 0.1) is 6.92 Å². The SMILES string of the molecule is Cc1cc(=O)[nH]c(NCCNC(=O)c2cn(-c3ccccc3)nn2)n1. The van der Waals surface area contributed by atoms with Gasteiger partial charge >= 0.3 is 0 Å². The number of amides is 1. The number of H-pyrrole nitrogens is 1. The summed E-state index contributed by atoms with van der Waals surface area (Å²) < 4.78 is 1.54. The lowest BCUT2D eigenvalue weighted by molar-refractivity contribution is 0.0950. The maximum absolute atomic E-state index is 12.1. The molecule has 0 aliphatic carbocycles. The fourth-order valence-corrected chi connectivity index (χ4v) is 2.19. The Hall–Kier alpha value is -3.49. The van der Waals surface area contributed by atoms with Crippen LogP contribution in [0.3, 0.4) is 0 Å². The summed E-state index contributed by atoms with van der Waals surface area (Å²) in [5, 5.41) is 13.5. The Labute approximate surface area is 143 Å². The van der Waals surface area contributed by atoms with E-state index in [9.17, 15) is 9.59 Å². The molecular weight excluding hydrogens is 322 g/mol. The first-order chi connectivity index (χ1) is 12.1. The first kappa shape index (κ1) is 16.4. The Balaban J connectivity index is 1.51. The first-order valence-corrected chi connectivity index (χ1v) is 7.69. The van der Waals surface area contributed by atoms with E-state index in [1.807, 2.05) is 30.3 Å². The molecule has 0 radical (unpaired) electrons. The third-order valence-electron chi connectivity index (χ3n) is 3.32. The van der Waals surface area contributed by atoms with Crippen molar-refractivity contribution in [2.45, 2.75) is 6.92 Å². The lowest BCUT2D eigenvalue weighted by atomic mass is 10.3. The van der Waals surface area contributed by atoms with Gasteiger partial charge in [0.2, 0.25) is 5.95 Å². The third kappa shape index (κ3) is 4.28. The molecule has 3 aromatic rings. The van der Waals surface area contributed by atoms with Crippen molar-refractivity contribution in [2.75, 3.05) is 18.4 Å².